The summed E-state index contributed by atoms with van der Waals surface area (Å²) in [5, 5.41) is 0. The molecule has 1 heterocycles. The van der Waals surface area contributed by atoms with Gasteiger partial charge in [-0.2, -0.15) is 0 Å². The number of hydrazine groups is 1. The first-order valence-electron chi connectivity index (χ1n) is 6.07. The molecule has 1 aromatic carbocycles. The molecule has 1 aliphatic rings. The molecule has 2 rings (SSSR count). The Balaban J connectivity index is 2.29. The summed E-state index contributed by atoms with van der Waals surface area (Å²) in [6.45, 7) is 2.64. The van der Waals surface area contributed by atoms with Crippen molar-refractivity contribution >= 4 is 0 Å². The molecule has 0 aliphatic carbocycles. The Bertz CT molecular complexity index is 414. The van der Waals surface area contributed by atoms with Crippen LogP contribution in [0.3, 0.4) is 0 Å². The lowest BCUT2D eigenvalue weighted by molar-refractivity contribution is 0.116. The average molecular weight is 254 g/mol. The molecule has 1 saturated heterocycles. The van der Waals surface area contributed by atoms with Gasteiger partial charge in [-0.1, -0.05) is 0 Å². The molecule has 100 valence electrons. The molecule has 0 radical (unpaired) electrons. The van der Waals surface area contributed by atoms with E-state index in [0.717, 1.165) is 12.0 Å². The number of hydrogen-bond acceptors (Lipinski definition) is 4. The summed E-state index contributed by atoms with van der Waals surface area (Å²) < 4.78 is 24.2. The first-order chi connectivity index (χ1) is 8.65. The Labute approximate surface area is 106 Å². The second kappa shape index (κ2) is 5.65. The van der Waals surface area contributed by atoms with Gasteiger partial charge in [-0.25, -0.2) is 4.39 Å². The summed E-state index contributed by atoms with van der Waals surface area (Å²) in [5.74, 6) is 6.19. The Morgan fingerprint density at radius 3 is 2.89 bits per heavy atom. The fraction of sp³-hybridized carbons (Fsp3) is 0.538. The number of nitrogens with one attached hydrogen (secondary N) is 1. The number of nitrogens with two attached hydrogens (primary N) is 1. The van der Waals surface area contributed by atoms with E-state index in [-0.39, 0.29) is 23.9 Å². The van der Waals surface area contributed by atoms with E-state index in [1.54, 1.807) is 13.2 Å². The van der Waals surface area contributed by atoms with Crippen molar-refractivity contribution in [1.82, 2.24) is 5.43 Å². The topological polar surface area (TPSA) is 56.5 Å². The van der Waals surface area contributed by atoms with Gasteiger partial charge in [-0.3, -0.25) is 11.3 Å². The Morgan fingerprint density at radius 2 is 2.33 bits per heavy atom. The minimum absolute atomic E-state index is 0.166. The highest BCUT2D eigenvalue weighted by atomic mass is 19.1. The van der Waals surface area contributed by atoms with Gasteiger partial charge in [0.05, 0.1) is 25.9 Å². The molecule has 0 saturated carbocycles. The predicted octanol–water partition coefficient (Wildman–Crippen LogP) is 1.76. The summed E-state index contributed by atoms with van der Waals surface area (Å²) in [6, 6.07) is 4.30. The number of halogens is 1. The van der Waals surface area contributed by atoms with Gasteiger partial charge in [0.1, 0.15) is 11.6 Å². The van der Waals surface area contributed by atoms with E-state index in [0.29, 0.717) is 12.4 Å². The highest BCUT2D eigenvalue weighted by molar-refractivity contribution is 5.37. The zero-order valence-corrected chi connectivity index (χ0v) is 10.7. The fourth-order valence-corrected chi connectivity index (χ4v) is 2.51. The van der Waals surface area contributed by atoms with Crippen molar-refractivity contribution < 1.29 is 13.9 Å². The van der Waals surface area contributed by atoms with Gasteiger partial charge in [0.15, 0.2) is 0 Å². The standard InChI is InChI=1S/C13H19FN2O2/c1-8-5-9(7-18-8)13(16-15)11-6-10(14)3-4-12(11)17-2/h3-4,6,8-9,13,16H,5,7,15H2,1-2H3. The maximum Gasteiger partial charge on any atom is 0.123 e. The average Bonchev–Trinajstić information content (AvgIpc) is 2.77. The first kappa shape index (κ1) is 13.3. The molecule has 4 nitrogen and oxygen atoms in total. The summed E-state index contributed by atoms with van der Waals surface area (Å²) >= 11 is 0. The van der Waals surface area contributed by atoms with E-state index in [4.69, 9.17) is 15.3 Å². The van der Waals surface area contributed by atoms with Gasteiger partial charge >= 0.3 is 0 Å². The zero-order chi connectivity index (χ0) is 13.1. The number of methoxy groups -OCH3 is 1. The van der Waals surface area contributed by atoms with Gasteiger partial charge in [-0.15, -0.1) is 0 Å². The van der Waals surface area contributed by atoms with Crippen molar-refractivity contribution in [3.63, 3.8) is 0 Å². The van der Waals surface area contributed by atoms with Crippen LogP contribution in [0, 0.1) is 11.7 Å². The van der Waals surface area contributed by atoms with Gasteiger partial charge in [-0.05, 0) is 31.5 Å². The van der Waals surface area contributed by atoms with Crippen LogP contribution in [-0.2, 0) is 4.74 Å². The van der Waals surface area contributed by atoms with E-state index < -0.39 is 0 Å². The number of benzene rings is 1. The quantitative estimate of drug-likeness (QED) is 0.635. The molecule has 18 heavy (non-hydrogen) atoms. The lowest BCUT2D eigenvalue weighted by Crippen LogP contribution is -2.34. The van der Waals surface area contributed by atoms with E-state index in [2.05, 4.69) is 5.43 Å². The smallest absolute Gasteiger partial charge is 0.123 e. The monoisotopic (exact) mass is 254 g/mol. The second-order valence-corrected chi connectivity index (χ2v) is 4.67. The fourth-order valence-electron chi connectivity index (χ4n) is 2.51. The van der Waals surface area contributed by atoms with Crippen LogP contribution < -0.4 is 16.0 Å². The molecule has 1 aromatic rings. The Hall–Kier alpha value is -1.17. The Morgan fingerprint density at radius 1 is 1.56 bits per heavy atom. The molecule has 3 unspecified atom stereocenters. The summed E-state index contributed by atoms with van der Waals surface area (Å²) in [7, 11) is 1.57. The van der Waals surface area contributed by atoms with Gasteiger partial charge < -0.3 is 9.47 Å². The van der Waals surface area contributed by atoms with E-state index >= 15 is 0 Å². The van der Waals surface area contributed by atoms with Crippen LogP contribution in [0.1, 0.15) is 24.9 Å². The highest BCUT2D eigenvalue weighted by Crippen LogP contribution is 2.35. The lowest BCUT2D eigenvalue weighted by atomic mass is 9.91. The van der Waals surface area contributed by atoms with Crippen LogP contribution in [-0.4, -0.2) is 19.8 Å². The largest absolute Gasteiger partial charge is 0.496 e. The molecule has 0 spiro atoms. The third-order valence-corrected chi connectivity index (χ3v) is 3.41. The van der Waals surface area contributed by atoms with Crippen molar-refractivity contribution in [3.05, 3.63) is 29.6 Å². The van der Waals surface area contributed by atoms with Crippen LogP contribution in [0.4, 0.5) is 4.39 Å². The minimum Gasteiger partial charge on any atom is -0.496 e. The lowest BCUT2D eigenvalue weighted by Gasteiger charge is -2.24. The summed E-state index contributed by atoms with van der Waals surface area (Å²) in [6.07, 6.45) is 1.11. The van der Waals surface area contributed by atoms with Gasteiger partial charge in [0.25, 0.3) is 0 Å². The molecule has 0 aromatic heterocycles. The summed E-state index contributed by atoms with van der Waals surface area (Å²) in [4.78, 5) is 0. The van der Waals surface area contributed by atoms with Gasteiger partial charge in [0.2, 0.25) is 0 Å². The number of ether oxygens (including phenoxy) is 2. The third-order valence-electron chi connectivity index (χ3n) is 3.41. The van der Waals surface area contributed by atoms with E-state index in [9.17, 15) is 4.39 Å². The Kier molecular flexibility index (Phi) is 4.16. The highest BCUT2D eigenvalue weighted by Gasteiger charge is 2.31. The van der Waals surface area contributed by atoms with Crippen molar-refractivity contribution in [1.29, 1.82) is 0 Å². The molecule has 3 atom stereocenters. The third kappa shape index (κ3) is 2.63. The minimum atomic E-state index is -0.294. The molecule has 5 heteroatoms. The molecular weight excluding hydrogens is 235 g/mol. The zero-order valence-electron chi connectivity index (χ0n) is 10.7. The van der Waals surface area contributed by atoms with Crippen LogP contribution in [0.25, 0.3) is 0 Å². The van der Waals surface area contributed by atoms with E-state index in [1.165, 1.54) is 12.1 Å². The SMILES string of the molecule is COc1ccc(F)cc1C(NN)C1COC(C)C1. The van der Waals surface area contributed by atoms with Crippen molar-refractivity contribution in [2.24, 2.45) is 11.8 Å². The van der Waals surface area contributed by atoms with Gasteiger partial charge in [0, 0.05) is 11.5 Å². The van der Waals surface area contributed by atoms with Crippen LogP contribution in [0.5, 0.6) is 5.75 Å². The maximum absolute atomic E-state index is 13.4. The van der Waals surface area contributed by atoms with Crippen LogP contribution in [0.2, 0.25) is 0 Å². The molecule has 3 N–H and O–H groups in total. The first-order valence-corrected chi connectivity index (χ1v) is 6.07. The maximum atomic E-state index is 13.4. The predicted molar refractivity (Wildman–Crippen MR) is 66.5 cm³/mol. The second-order valence-electron chi connectivity index (χ2n) is 4.67. The van der Waals surface area contributed by atoms with Crippen LogP contribution in [0.15, 0.2) is 18.2 Å². The molecular formula is C13H19FN2O2. The van der Waals surface area contributed by atoms with E-state index in [1.807, 2.05) is 6.92 Å². The van der Waals surface area contributed by atoms with Crippen LogP contribution >= 0.6 is 0 Å². The van der Waals surface area contributed by atoms with Crippen molar-refractivity contribution in [2.45, 2.75) is 25.5 Å². The van der Waals surface area contributed by atoms with Crippen molar-refractivity contribution in [2.75, 3.05) is 13.7 Å². The number of rotatable bonds is 4. The normalized spacial score (nSPS) is 25.1. The molecule has 1 aliphatic heterocycles. The number of hydrogen-bond donors (Lipinski definition) is 2. The van der Waals surface area contributed by atoms with Crippen molar-refractivity contribution in [3.8, 4) is 5.75 Å². The molecule has 0 amide bonds. The summed E-state index contributed by atoms with van der Waals surface area (Å²) in [5.41, 5.74) is 3.49. The molecule has 0 bridgehead atoms. The molecule has 1 fully saturated rings.